The zero-order valence-electron chi connectivity index (χ0n) is 20.7. The average molecular weight is 506 g/mol. The van der Waals surface area contributed by atoms with Crippen LogP contribution in [0.2, 0.25) is 0 Å². The molecular formula is C29H27N7S. The lowest BCUT2D eigenvalue weighted by molar-refractivity contribution is 0.220. The van der Waals surface area contributed by atoms with Gasteiger partial charge in [-0.3, -0.25) is 25.0 Å². The number of hydrogen-bond acceptors (Lipinski definition) is 6. The van der Waals surface area contributed by atoms with Gasteiger partial charge in [-0.1, -0.05) is 6.42 Å². The molecule has 0 atom stereocenters. The summed E-state index contributed by atoms with van der Waals surface area (Å²) in [5, 5.41) is 9.94. The highest BCUT2D eigenvalue weighted by Crippen LogP contribution is 2.36. The molecule has 1 saturated heterocycles. The monoisotopic (exact) mass is 505 g/mol. The molecule has 1 aliphatic heterocycles. The number of likely N-dealkylation sites (tertiary alicyclic amines) is 1. The van der Waals surface area contributed by atoms with Gasteiger partial charge in [0.25, 0.3) is 0 Å². The molecule has 2 N–H and O–H groups in total. The molecule has 0 aliphatic carbocycles. The van der Waals surface area contributed by atoms with Gasteiger partial charge in [-0.25, -0.2) is 0 Å². The van der Waals surface area contributed by atoms with Crippen LogP contribution < -0.4 is 0 Å². The van der Waals surface area contributed by atoms with E-state index >= 15 is 0 Å². The highest BCUT2D eigenvalue weighted by Gasteiger charge is 2.17. The van der Waals surface area contributed by atoms with Crippen molar-refractivity contribution in [3.8, 4) is 33.2 Å². The number of hydrogen-bond donors (Lipinski definition) is 2. The van der Waals surface area contributed by atoms with Crippen LogP contribution in [0.5, 0.6) is 0 Å². The van der Waals surface area contributed by atoms with E-state index in [2.05, 4.69) is 62.3 Å². The van der Waals surface area contributed by atoms with E-state index in [0.29, 0.717) is 0 Å². The number of piperidine rings is 1. The van der Waals surface area contributed by atoms with Gasteiger partial charge in [0, 0.05) is 51.9 Å². The summed E-state index contributed by atoms with van der Waals surface area (Å²) in [7, 11) is 0. The molecule has 0 aromatic carbocycles. The summed E-state index contributed by atoms with van der Waals surface area (Å²) in [4.78, 5) is 22.5. The van der Waals surface area contributed by atoms with E-state index in [4.69, 9.17) is 9.97 Å². The number of nitrogens with one attached hydrogen (secondary N) is 2. The van der Waals surface area contributed by atoms with Crippen LogP contribution in [0.25, 0.3) is 55.0 Å². The van der Waals surface area contributed by atoms with Gasteiger partial charge < -0.3 is 4.98 Å². The number of thiophene rings is 1. The predicted molar refractivity (Wildman–Crippen MR) is 149 cm³/mol. The third-order valence-corrected chi connectivity index (χ3v) is 8.18. The molecule has 0 amide bonds. The lowest BCUT2D eigenvalue weighted by Gasteiger charge is -2.26. The standard InChI is InChI=1S/C29H27N7S/c1-18-5-6-27(37-18)29-21-13-25(33-23(21)7-8-31-29)28-22-12-24(32-16-26(22)34-35-28)20-11-19(14-30-15-20)17-36-9-3-2-4-10-36/h5-8,11-16,33H,2-4,9-10,17H2,1H3,(H,34,35). The Kier molecular flexibility index (Phi) is 5.56. The Morgan fingerprint density at radius 1 is 0.892 bits per heavy atom. The number of H-pyrrole nitrogens is 2. The molecule has 8 heteroatoms. The van der Waals surface area contributed by atoms with Gasteiger partial charge in [-0.15, -0.1) is 11.3 Å². The first-order chi connectivity index (χ1) is 18.2. The molecule has 7 rings (SSSR count). The van der Waals surface area contributed by atoms with Crippen molar-refractivity contribution < 1.29 is 0 Å². The van der Waals surface area contributed by atoms with Crippen LogP contribution in [0, 0.1) is 6.92 Å². The SMILES string of the molecule is Cc1ccc(-c2nccc3[nH]c(-c4n[nH]c5cnc(-c6cncc(CN7CCCCC7)c6)cc45)cc23)s1. The second kappa shape index (κ2) is 9.21. The van der Waals surface area contributed by atoms with Gasteiger partial charge >= 0.3 is 0 Å². The average Bonchev–Trinajstić information content (AvgIpc) is 3.66. The van der Waals surface area contributed by atoms with Crippen molar-refractivity contribution in [3.63, 3.8) is 0 Å². The number of aryl methyl sites for hydroxylation is 1. The molecule has 6 aromatic heterocycles. The predicted octanol–water partition coefficient (Wildman–Crippen LogP) is 6.59. The van der Waals surface area contributed by atoms with E-state index in [0.717, 1.165) is 56.7 Å². The number of fused-ring (bicyclic) bond motifs is 2. The summed E-state index contributed by atoms with van der Waals surface area (Å²) in [6.07, 6.45) is 11.5. The van der Waals surface area contributed by atoms with Gasteiger partial charge in [0.2, 0.25) is 0 Å². The minimum Gasteiger partial charge on any atom is -0.353 e. The third-order valence-electron chi connectivity index (χ3n) is 7.17. The van der Waals surface area contributed by atoms with Crippen LogP contribution >= 0.6 is 11.3 Å². The topological polar surface area (TPSA) is 86.4 Å². The lowest BCUT2D eigenvalue weighted by atomic mass is 10.1. The molecule has 184 valence electrons. The largest absolute Gasteiger partial charge is 0.353 e. The number of pyridine rings is 3. The summed E-state index contributed by atoms with van der Waals surface area (Å²) in [6.45, 7) is 5.40. The van der Waals surface area contributed by atoms with Gasteiger partial charge in [0.15, 0.2) is 0 Å². The highest BCUT2D eigenvalue weighted by atomic mass is 32.1. The van der Waals surface area contributed by atoms with Crippen LogP contribution in [-0.4, -0.2) is 48.1 Å². The maximum atomic E-state index is 4.73. The number of aromatic nitrogens is 6. The van der Waals surface area contributed by atoms with Crippen molar-refractivity contribution in [1.29, 1.82) is 0 Å². The fraction of sp³-hybridized carbons (Fsp3) is 0.241. The van der Waals surface area contributed by atoms with E-state index in [1.807, 2.05) is 30.9 Å². The molecule has 0 radical (unpaired) electrons. The molecule has 1 fully saturated rings. The summed E-state index contributed by atoms with van der Waals surface area (Å²) in [5.74, 6) is 0. The van der Waals surface area contributed by atoms with Crippen LogP contribution in [0.3, 0.4) is 0 Å². The van der Waals surface area contributed by atoms with Gasteiger partial charge in [-0.2, -0.15) is 5.10 Å². The van der Waals surface area contributed by atoms with Gasteiger partial charge in [0.1, 0.15) is 5.69 Å². The van der Waals surface area contributed by atoms with Crippen molar-refractivity contribution >= 4 is 33.1 Å². The molecule has 1 aliphatic rings. The van der Waals surface area contributed by atoms with Crippen molar-refractivity contribution in [2.24, 2.45) is 0 Å². The van der Waals surface area contributed by atoms with E-state index in [1.54, 1.807) is 11.3 Å². The first kappa shape index (κ1) is 22.3. The van der Waals surface area contributed by atoms with Gasteiger partial charge in [-0.05, 0) is 74.8 Å². The van der Waals surface area contributed by atoms with Crippen LogP contribution in [-0.2, 0) is 6.54 Å². The molecule has 6 aromatic rings. The second-order valence-corrected chi connectivity index (χ2v) is 11.1. The number of rotatable bonds is 5. The second-order valence-electron chi connectivity index (χ2n) is 9.82. The fourth-order valence-electron chi connectivity index (χ4n) is 5.31. The molecule has 0 bridgehead atoms. The fourth-order valence-corrected chi connectivity index (χ4v) is 6.19. The summed E-state index contributed by atoms with van der Waals surface area (Å²) < 4.78 is 0. The highest BCUT2D eigenvalue weighted by molar-refractivity contribution is 7.15. The van der Waals surface area contributed by atoms with Crippen molar-refractivity contribution in [2.45, 2.75) is 32.7 Å². The summed E-state index contributed by atoms with van der Waals surface area (Å²) >= 11 is 1.76. The molecule has 0 spiro atoms. The zero-order valence-corrected chi connectivity index (χ0v) is 21.5. The Morgan fingerprint density at radius 2 is 1.78 bits per heavy atom. The molecule has 7 nitrogen and oxygen atoms in total. The molecular weight excluding hydrogens is 478 g/mol. The maximum Gasteiger partial charge on any atom is 0.116 e. The first-order valence-electron chi connectivity index (χ1n) is 12.8. The normalized spacial score (nSPS) is 14.6. The third kappa shape index (κ3) is 4.22. The Labute approximate surface area is 218 Å². The van der Waals surface area contributed by atoms with E-state index in [-0.39, 0.29) is 0 Å². The molecule has 0 unspecified atom stereocenters. The zero-order chi connectivity index (χ0) is 24.8. The van der Waals surface area contributed by atoms with Crippen molar-refractivity contribution in [3.05, 3.63) is 71.6 Å². The van der Waals surface area contributed by atoms with Crippen molar-refractivity contribution in [1.82, 2.24) is 35.0 Å². The Hall–Kier alpha value is -3.88. The maximum absolute atomic E-state index is 4.73. The smallest absolute Gasteiger partial charge is 0.116 e. The summed E-state index contributed by atoms with van der Waals surface area (Å²) in [5.41, 5.74) is 7.94. The quantitative estimate of drug-likeness (QED) is 0.276. The van der Waals surface area contributed by atoms with E-state index in [1.165, 1.54) is 47.7 Å². The van der Waals surface area contributed by atoms with Crippen LogP contribution in [0.4, 0.5) is 0 Å². The summed E-state index contributed by atoms with van der Waals surface area (Å²) in [6, 6.07) is 12.8. The van der Waals surface area contributed by atoms with Gasteiger partial charge in [0.05, 0.1) is 33.7 Å². The Balaban J connectivity index is 1.26. The van der Waals surface area contributed by atoms with Crippen LogP contribution in [0.15, 0.2) is 61.2 Å². The minimum absolute atomic E-state index is 0.876. The Bertz CT molecular complexity index is 1720. The lowest BCUT2D eigenvalue weighted by Crippen LogP contribution is -2.29. The molecule has 7 heterocycles. The Morgan fingerprint density at radius 3 is 2.65 bits per heavy atom. The minimum atomic E-state index is 0.876. The number of aromatic amines is 2. The molecule has 37 heavy (non-hydrogen) atoms. The molecule has 0 saturated carbocycles. The van der Waals surface area contributed by atoms with E-state index < -0.39 is 0 Å². The first-order valence-corrected chi connectivity index (χ1v) is 13.6. The number of nitrogens with zero attached hydrogens (tertiary/aromatic N) is 5. The van der Waals surface area contributed by atoms with Crippen molar-refractivity contribution in [2.75, 3.05) is 13.1 Å². The van der Waals surface area contributed by atoms with E-state index in [9.17, 15) is 0 Å². The van der Waals surface area contributed by atoms with Crippen LogP contribution in [0.1, 0.15) is 29.7 Å².